The zero-order chi connectivity index (χ0) is 23.1. The molecule has 3 aromatic rings. The molecule has 0 aliphatic rings. The maximum absolute atomic E-state index is 13.2. The third-order valence-corrected chi connectivity index (χ3v) is 6.45. The molecule has 32 heavy (non-hydrogen) atoms. The van der Waals surface area contributed by atoms with Crippen molar-refractivity contribution in [3.8, 4) is 5.75 Å². The van der Waals surface area contributed by atoms with Crippen molar-refractivity contribution < 1.29 is 14.3 Å². The first-order valence-electron chi connectivity index (χ1n) is 10.5. The molecule has 3 rings (SSSR count). The van der Waals surface area contributed by atoms with E-state index < -0.39 is 6.04 Å². The summed E-state index contributed by atoms with van der Waals surface area (Å²) in [5.74, 6) is 0.147. The Labute approximate surface area is 205 Å². The zero-order valence-electron chi connectivity index (χ0n) is 18.1. The molecule has 1 N–H and O–H groups in total. The predicted octanol–water partition coefficient (Wildman–Crippen LogP) is 5.69. The Bertz CT molecular complexity index is 1100. The monoisotopic (exact) mass is 560 g/mol. The highest BCUT2D eigenvalue weighted by molar-refractivity contribution is 9.11. The number of nitrogens with one attached hydrogen (secondary N) is 1. The normalized spacial score (nSPS) is 11.8. The van der Waals surface area contributed by atoms with E-state index in [9.17, 15) is 9.59 Å². The molecule has 0 bridgehead atoms. The summed E-state index contributed by atoms with van der Waals surface area (Å²) in [7, 11) is 0. The van der Waals surface area contributed by atoms with Crippen LogP contribution >= 0.6 is 31.9 Å². The van der Waals surface area contributed by atoms with Gasteiger partial charge in [0, 0.05) is 17.6 Å². The number of benzene rings is 3. The molecule has 0 aliphatic carbocycles. The Morgan fingerprint density at radius 2 is 1.84 bits per heavy atom. The minimum atomic E-state index is -0.628. The van der Waals surface area contributed by atoms with Crippen LogP contribution in [0.2, 0.25) is 0 Å². The average molecular weight is 562 g/mol. The smallest absolute Gasteiger partial charge is 0.261 e. The minimum absolute atomic E-state index is 0.170. The molecule has 3 aromatic carbocycles. The van der Waals surface area contributed by atoms with Crippen molar-refractivity contribution in [1.29, 1.82) is 0 Å². The maximum atomic E-state index is 13.2. The van der Waals surface area contributed by atoms with Gasteiger partial charge in [-0.2, -0.15) is 0 Å². The number of hydrogen-bond donors (Lipinski definition) is 1. The molecule has 0 radical (unpaired) electrons. The summed E-state index contributed by atoms with van der Waals surface area (Å²) in [5.41, 5.74) is 0.926. The second kappa shape index (κ2) is 11.5. The SMILES string of the molecule is CCCNC(=O)C(C)N(Cc1cccc(Br)c1)C(=O)COc1ccc2ccccc2c1Br. The molecular formula is C25H26Br2N2O3. The number of ether oxygens (including phenoxy) is 1. The summed E-state index contributed by atoms with van der Waals surface area (Å²) >= 11 is 7.06. The van der Waals surface area contributed by atoms with Gasteiger partial charge in [-0.25, -0.2) is 0 Å². The molecule has 1 atom stereocenters. The van der Waals surface area contributed by atoms with Gasteiger partial charge in [-0.3, -0.25) is 9.59 Å². The van der Waals surface area contributed by atoms with Crippen molar-refractivity contribution in [2.75, 3.05) is 13.2 Å². The molecule has 7 heteroatoms. The summed E-state index contributed by atoms with van der Waals surface area (Å²) in [4.78, 5) is 27.4. The van der Waals surface area contributed by atoms with Crippen LogP contribution in [0.5, 0.6) is 5.75 Å². The second-order valence-electron chi connectivity index (χ2n) is 7.51. The topological polar surface area (TPSA) is 58.6 Å². The van der Waals surface area contributed by atoms with Crippen molar-refractivity contribution in [1.82, 2.24) is 10.2 Å². The lowest BCUT2D eigenvalue weighted by molar-refractivity contribution is -0.142. The molecule has 0 aromatic heterocycles. The predicted molar refractivity (Wildman–Crippen MR) is 135 cm³/mol. The Balaban J connectivity index is 1.78. The van der Waals surface area contributed by atoms with Crippen LogP contribution in [0.25, 0.3) is 10.8 Å². The van der Waals surface area contributed by atoms with E-state index in [0.29, 0.717) is 18.8 Å². The van der Waals surface area contributed by atoms with Crippen molar-refractivity contribution >= 4 is 54.4 Å². The number of nitrogens with zero attached hydrogens (tertiary/aromatic N) is 1. The first kappa shape index (κ1) is 24.3. The number of hydrogen-bond acceptors (Lipinski definition) is 3. The summed E-state index contributed by atoms with van der Waals surface area (Å²) in [5, 5.41) is 4.97. The summed E-state index contributed by atoms with van der Waals surface area (Å²) < 4.78 is 7.60. The van der Waals surface area contributed by atoms with Crippen molar-refractivity contribution in [2.45, 2.75) is 32.9 Å². The van der Waals surface area contributed by atoms with Gasteiger partial charge in [0.1, 0.15) is 11.8 Å². The number of fused-ring (bicyclic) bond motifs is 1. The third-order valence-electron chi connectivity index (χ3n) is 5.14. The van der Waals surface area contributed by atoms with E-state index in [1.807, 2.05) is 67.6 Å². The van der Waals surface area contributed by atoms with E-state index in [1.165, 1.54) is 0 Å². The molecule has 0 aliphatic heterocycles. The van der Waals surface area contributed by atoms with Gasteiger partial charge in [0.15, 0.2) is 6.61 Å². The van der Waals surface area contributed by atoms with Crippen LogP contribution in [0, 0.1) is 0 Å². The van der Waals surface area contributed by atoms with Crippen LogP contribution in [-0.4, -0.2) is 35.9 Å². The van der Waals surface area contributed by atoms with Crippen LogP contribution in [0.4, 0.5) is 0 Å². The third kappa shape index (κ3) is 6.11. The second-order valence-corrected chi connectivity index (χ2v) is 9.21. The summed E-state index contributed by atoms with van der Waals surface area (Å²) in [6.07, 6.45) is 0.830. The van der Waals surface area contributed by atoms with Crippen molar-refractivity contribution in [3.63, 3.8) is 0 Å². The van der Waals surface area contributed by atoms with E-state index in [2.05, 4.69) is 37.2 Å². The van der Waals surface area contributed by atoms with E-state index in [1.54, 1.807) is 11.8 Å². The van der Waals surface area contributed by atoms with Gasteiger partial charge in [0.2, 0.25) is 5.91 Å². The van der Waals surface area contributed by atoms with Gasteiger partial charge in [-0.1, -0.05) is 65.3 Å². The molecule has 0 saturated heterocycles. The fourth-order valence-corrected chi connectivity index (χ4v) is 4.41. The first-order chi connectivity index (χ1) is 15.4. The Morgan fingerprint density at radius 1 is 1.06 bits per heavy atom. The first-order valence-corrected chi connectivity index (χ1v) is 12.1. The summed E-state index contributed by atoms with van der Waals surface area (Å²) in [6, 6.07) is 18.8. The van der Waals surface area contributed by atoms with Gasteiger partial charge >= 0.3 is 0 Å². The van der Waals surface area contributed by atoms with E-state index in [4.69, 9.17) is 4.74 Å². The number of rotatable bonds is 9. The molecule has 2 amide bonds. The Kier molecular flexibility index (Phi) is 8.70. The highest BCUT2D eigenvalue weighted by atomic mass is 79.9. The van der Waals surface area contributed by atoms with Crippen molar-refractivity contribution in [2.24, 2.45) is 0 Å². The van der Waals surface area contributed by atoms with Gasteiger partial charge in [-0.05, 0) is 63.8 Å². The van der Waals surface area contributed by atoms with Crippen LogP contribution in [0.15, 0.2) is 69.6 Å². The Morgan fingerprint density at radius 3 is 2.59 bits per heavy atom. The highest BCUT2D eigenvalue weighted by Crippen LogP contribution is 2.33. The molecule has 1 unspecified atom stereocenters. The lowest BCUT2D eigenvalue weighted by Crippen LogP contribution is -2.49. The van der Waals surface area contributed by atoms with Gasteiger partial charge in [0.05, 0.1) is 4.47 Å². The maximum Gasteiger partial charge on any atom is 0.261 e. The fourth-order valence-electron chi connectivity index (χ4n) is 3.36. The molecule has 0 fully saturated rings. The Hall–Kier alpha value is -2.38. The lowest BCUT2D eigenvalue weighted by Gasteiger charge is -2.29. The molecule has 168 valence electrons. The molecule has 5 nitrogen and oxygen atoms in total. The largest absolute Gasteiger partial charge is 0.483 e. The minimum Gasteiger partial charge on any atom is -0.483 e. The zero-order valence-corrected chi connectivity index (χ0v) is 21.3. The van der Waals surface area contributed by atoms with E-state index >= 15 is 0 Å². The highest BCUT2D eigenvalue weighted by Gasteiger charge is 2.26. The fraction of sp³-hybridized carbons (Fsp3) is 0.280. The van der Waals surface area contributed by atoms with Crippen LogP contribution in [0.1, 0.15) is 25.8 Å². The van der Waals surface area contributed by atoms with Crippen LogP contribution < -0.4 is 10.1 Å². The van der Waals surface area contributed by atoms with Gasteiger partial charge in [-0.15, -0.1) is 0 Å². The quantitative estimate of drug-likeness (QED) is 0.365. The molecule has 0 heterocycles. The van der Waals surface area contributed by atoms with Gasteiger partial charge in [0.25, 0.3) is 5.91 Å². The van der Waals surface area contributed by atoms with E-state index in [0.717, 1.165) is 31.7 Å². The molecular weight excluding hydrogens is 536 g/mol. The number of halogens is 2. The lowest BCUT2D eigenvalue weighted by atomic mass is 10.1. The molecule has 0 spiro atoms. The standard InChI is InChI=1S/C25H26Br2N2O3/c1-3-13-28-25(31)17(2)29(15-18-7-6-9-20(26)14-18)23(30)16-32-22-12-11-19-8-4-5-10-21(19)24(22)27/h4-12,14,17H,3,13,15-16H2,1-2H3,(H,28,31). The van der Waals surface area contributed by atoms with Crippen LogP contribution in [-0.2, 0) is 16.1 Å². The van der Waals surface area contributed by atoms with Crippen molar-refractivity contribution in [3.05, 3.63) is 75.2 Å². The number of carbonyl (C=O) groups is 2. The number of amides is 2. The number of carbonyl (C=O) groups excluding carboxylic acids is 2. The average Bonchev–Trinajstić information content (AvgIpc) is 2.80. The van der Waals surface area contributed by atoms with E-state index in [-0.39, 0.29) is 18.4 Å². The van der Waals surface area contributed by atoms with Crippen LogP contribution in [0.3, 0.4) is 0 Å². The molecule has 0 saturated carbocycles. The van der Waals surface area contributed by atoms with Gasteiger partial charge < -0.3 is 15.0 Å². The summed E-state index contributed by atoms with van der Waals surface area (Å²) in [6.45, 7) is 4.44.